The number of aromatic nitrogens is 2. The van der Waals surface area contributed by atoms with Crippen LogP contribution in [0.4, 0.5) is 5.82 Å². The highest BCUT2D eigenvalue weighted by Crippen LogP contribution is 2.38. The lowest BCUT2D eigenvalue weighted by Crippen LogP contribution is -1.87. The monoisotopic (exact) mass is 283 g/mol. The van der Waals surface area contributed by atoms with Crippen LogP contribution in [0, 0.1) is 0 Å². The maximum absolute atomic E-state index is 9.65. The van der Waals surface area contributed by atoms with E-state index >= 15 is 0 Å². The second-order valence-electron chi connectivity index (χ2n) is 3.22. The van der Waals surface area contributed by atoms with E-state index in [2.05, 4.69) is 26.1 Å². The molecule has 0 saturated carbocycles. The quantitative estimate of drug-likeness (QED) is 0.788. The van der Waals surface area contributed by atoms with Gasteiger partial charge in [0.25, 0.3) is 0 Å². The van der Waals surface area contributed by atoms with Crippen molar-refractivity contribution in [1.29, 1.82) is 0 Å². The molecule has 1 aromatic heterocycles. The first-order valence-electron chi connectivity index (χ1n) is 4.49. The van der Waals surface area contributed by atoms with Gasteiger partial charge in [0.15, 0.2) is 11.5 Å². The molecular weight excluding hydrogens is 274 g/mol. The average Bonchev–Trinajstić information content (AvgIpc) is 2.69. The van der Waals surface area contributed by atoms with Crippen LogP contribution in [-0.2, 0) is 0 Å². The van der Waals surface area contributed by atoms with E-state index in [1.807, 2.05) is 0 Å². The number of aromatic amines is 1. The molecule has 0 aliphatic carbocycles. The number of methoxy groups -OCH3 is 1. The van der Waals surface area contributed by atoms with Gasteiger partial charge in [-0.3, -0.25) is 5.10 Å². The third kappa shape index (κ3) is 1.83. The molecule has 0 saturated heterocycles. The van der Waals surface area contributed by atoms with Crippen LogP contribution in [0.1, 0.15) is 0 Å². The van der Waals surface area contributed by atoms with Crippen LogP contribution in [-0.4, -0.2) is 22.4 Å². The smallest absolute Gasteiger partial charge is 0.172 e. The molecule has 1 heterocycles. The van der Waals surface area contributed by atoms with Crippen LogP contribution in [0.5, 0.6) is 11.5 Å². The molecule has 16 heavy (non-hydrogen) atoms. The van der Waals surface area contributed by atoms with E-state index < -0.39 is 0 Å². The first kappa shape index (κ1) is 10.8. The maximum atomic E-state index is 9.65. The molecule has 0 fully saturated rings. The van der Waals surface area contributed by atoms with Crippen LogP contribution in [0.2, 0.25) is 0 Å². The van der Waals surface area contributed by atoms with E-state index in [0.717, 1.165) is 11.3 Å². The number of halogens is 1. The summed E-state index contributed by atoms with van der Waals surface area (Å²) in [5, 5.41) is 16.3. The minimum Gasteiger partial charge on any atom is -0.503 e. The van der Waals surface area contributed by atoms with E-state index in [0.29, 0.717) is 16.0 Å². The first-order chi connectivity index (χ1) is 7.61. The van der Waals surface area contributed by atoms with Gasteiger partial charge in [-0.15, -0.1) is 0 Å². The normalized spacial score (nSPS) is 10.4. The molecule has 0 radical (unpaired) electrons. The first-order valence-corrected chi connectivity index (χ1v) is 5.29. The van der Waals surface area contributed by atoms with Gasteiger partial charge in [0.2, 0.25) is 0 Å². The number of benzene rings is 1. The van der Waals surface area contributed by atoms with E-state index in [4.69, 9.17) is 10.5 Å². The molecule has 0 unspecified atom stereocenters. The van der Waals surface area contributed by atoms with Crippen LogP contribution in [0.25, 0.3) is 11.3 Å². The van der Waals surface area contributed by atoms with Gasteiger partial charge in [0.1, 0.15) is 5.82 Å². The number of nitrogens with two attached hydrogens (primary N) is 1. The van der Waals surface area contributed by atoms with Gasteiger partial charge in [-0.05, 0) is 28.1 Å². The standard InChI is InChI=1S/C10H10BrN3O2/c1-16-8-3-5(2-6(11)10(8)15)7-4-9(12)14-13-7/h2-4,15H,1H3,(H3,12,13,14). The molecular formula is C10H10BrN3O2. The summed E-state index contributed by atoms with van der Waals surface area (Å²) in [6, 6.07) is 5.16. The zero-order valence-corrected chi connectivity index (χ0v) is 10.1. The second-order valence-corrected chi connectivity index (χ2v) is 4.07. The SMILES string of the molecule is COc1cc(-c2cc(N)n[nH]2)cc(Br)c1O. The Bertz CT molecular complexity index is 525. The van der Waals surface area contributed by atoms with Crippen molar-refractivity contribution in [3.05, 3.63) is 22.7 Å². The lowest BCUT2D eigenvalue weighted by atomic mass is 10.1. The van der Waals surface area contributed by atoms with E-state index in [1.54, 1.807) is 18.2 Å². The summed E-state index contributed by atoms with van der Waals surface area (Å²) in [5.41, 5.74) is 7.11. The second kappa shape index (κ2) is 4.05. The molecule has 0 bridgehead atoms. The van der Waals surface area contributed by atoms with Crippen molar-refractivity contribution in [2.45, 2.75) is 0 Å². The molecule has 0 atom stereocenters. The summed E-state index contributed by atoms with van der Waals surface area (Å²) in [5.74, 6) is 0.870. The number of ether oxygens (including phenoxy) is 1. The fourth-order valence-electron chi connectivity index (χ4n) is 1.37. The number of phenolic OH excluding ortho intramolecular Hbond substituents is 1. The van der Waals surface area contributed by atoms with Gasteiger partial charge in [0, 0.05) is 11.6 Å². The molecule has 0 spiro atoms. The number of nitrogens with one attached hydrogen (secondary N) is 1. The van der Waals surface area contributed by atoms with Crippen molar-refractivity contribution in [3.8, 4) is 22.8 Å². The Morgan fingerprint density at radius 2 is 2.19 bits per heavy atom. The highest BCUT2D eigenvalue weighted by atomic mass is 79.9. The highest BCUT2D eigenvalue weighted by Gasteiger charge is 2.11. The Balaban J connectivity index is 2.54. The van der Waals surface area contributed by atoms with Gasteiger partial charge in [-0.25, -0.2) is 0 Å². The Morgan fingerprint density at radius 3 is 2.75 bits per heavy atom. The third-order valence-electron chi connectivity index (χ3n) is 2.16. The maximum Gasteiger partial charge on any atom is 0.172 e. The summed E-state index contributed by atoms with van der Waals surface area (Å²) in [6.07, 6.45) is 0. The number of nitrogen functional groups attached to an aromatic ring is 1. The van der Waals surface area contributed by atoms with Crippen LogP contribution in [0.3, 0.4) is 0 Å². The van der Waals surface area contributed by atoms with E-state index in [9.17, 15) is 5.11 Å². The minimum atomic E-state index is 0.0683. The minimum absolute atomic E-state index is 0.0683. The average molecular weight is 284 g/mol. The number of phenols is 1. The molecule has 0 amide bonds. The summed E-state index contributed by atoms with van der Waals surface area (Å²) in [7, 11) is 1.49. The molecule has 0 aliphatic rings. The molecule has 0 aliphatic heterocycles. The van der Waals surface area contributed by atoms with E-state index in [1.165, 1.54) is 7.11 Å². The number of hydrogen-bond acceptors (Lipinski definition) is 4. The Hall–Kier alpha value is -1.69. The number of hydrogen-bond donors (Lipinski definition) is 3. The van der Waals surface area contributed by atoms with Crippen LogP contribution < -0.4 is 10.5 Å². The summed E-state index contributed by atoms with van der Waals surface area (Å²) < 4.78 is 5.60. The number of nitrogens with zero attached hydrogens (tertiary/aromatic N) is 1. The molecule has 1 aromatic carbocycles. The zero-order valence-electron chi connectivity index (χ0n) is 8.49. The van der Waals surface area contributed by atoms with Gasteiger partial charge in [-0.1, -0.05) is 0 Å². The summed E-state index contributed by atoms with van der Waals surface area (Å²) in [6.45, 7) is 0. The van der Waals surface area contributed by atoms with Gasteiger partial charge < -0.3 is 15.6 Å². The van der Waals surface area contributed by atoms with Crippen molar-refractivity contribution >= 4 is 21.7 Å². The zero-order chi connectivity index (χ0) is 11.7. The Morgan fingerprint density at radius 1 is 1.44 bits per heavy atom. The largest absolute Gasteiger partial charge is 0.503 e. The predicted octanol–water partition coefficient (Wildman–Crippen LogP) is 2.14. The lowest BCUT2D eigenvalue weighted by Gasteiger charge is -2.07. The van der Waals surface area contributed by atoms with Crippen molar-refractivity contribution in [2.24, 2.45) is 0 Å². The molecule has 4 N–H and O–H groups in total. The number of rotatable bonds is 2. The molecule has 5 nitrogen and oxygen atoms in total. The number of aromatic hydroxyl groups is 1. The van der Waals surface area contributed by atoms with Crippen molar-refractivity contribution in [2.75, 3.05) is 12.8 Å². The van der Waals surface area contributed by atoms with E-state index in [-0.39, 0.29) is 5.75 Å². The van der Waals surface area contributed by atoms with Gasteiger partial charge in [-0.2, -0.15) is 5.10 Å². The topological polar surface area (TPSA) is 84.2 Å². The fraction of sp³-hybridized carbons (Fsp3) is 0.100. The third-order valence-corrected chi connectivity index (χ3v) is 2.76. The van der Waals surface area contributed by atoms with Crippen molar-refractivity contribution < 1.29 is 9.84 Å². The Kier molecular flexibility index (Phi) is 2.74. The van der Waals surface area contributed by atoms with Crippen LogP contribution in [0.15, 0.2) is 22.7 Å². The summed E-state index contributed by atoms with van der Waals surface area (Å²) in [4.78, 5) is 0. The number of H-pyrrole nitrogens is 1. The van der Waals surface area contributed by atoms with Crippen molar-refractivity contribution in [3.63, 3.8) is 0 Å². The summed E-state index contributed by atoms with van der Waals surface area (Å²) >= 11 is 3.25. The predicted molar refractivity (Wildman–Crippen MR) is 64.4 cm³/mol. The number of anilines is 1. The lowest BCUT2D eigenvalue weighted by molar-refractivity contribution is 0.372. The Labute approximate surface area is 100 Å². The van der Waals surface area contributed by atoms with Crippen molar-refractivity contribution in [1.82, 2.24) is 10.2 Å². The fourth-order valence-corrected chi connectivity index (χ4v) is 1.81. The molecule has 2 aromatic rings. The highest BCUT2D eigenvalue weighted by molar-refractivity contribution is 9.10. The van der Waals surface area contributed by atoms with Gasteiger partial charge >= 0.3 is 0 Å². The molecule has 6 heteroatoms. The molecule has 2 rings (SSSR count). The van der Waals surface area contributed by atoms with Gasteiger partial charge in [0.05, 0.1) is 17.3 Å². The van der Waals surface area contributed by atoms with Crippen LogP contribution >= 0.6 is 15.9 Å². The molecule has 84 valence electrons.